The molecule has 0 amide bonds. The molecule has 0 radical (unpaired) electrons. The van der Waals surface area contributed by atoms with E-state index in [1.54, 1.807) is 44.5 Å². The molecular formula is C19H23F3IN3O2. The van der Waals surface area contributed by atoms with Gasteiger partial charge in [0.1, 0.15) is 11.6 Å². The van der Waals surface area contributed by atoms with Crippen LogP contribution in [0.2, 0.25) is 0 Å². The van der Waals surface area contributed by atoms with Gasteiger partial charge in [-0.15, -0.1) is 24.0 Å². The Labute approximate surface area is 179 Å². The number of hydrogen-bond donors (Lipinski definition) is 2. The molecule has 28 heavy (non-hydrogen) atoms. The highest BCUT2D eigenvalue weighted by Gasteiger charge is 2.13. The van der Waals surface area contributed by atoms with Crippen LogP contribution in [0.15, 0.2) is 53.5 Å². The lowest BCUT2D eigenvalue weighted by molar-refractivity contribution is -0.0504. The summed E-state index contributed by atoms with van der Waals surface area (Å²) in [6.45, 7) is -2.25. The molecule has 0 saturated carbocycles. The highest BCUT2D eigenvalue weighted by atomic mass is 127. The van der Waals surface area contributed by atoms with E-state index in [0.29, 0.717) is 18.1 Å². The van der Waals surface area contributed by atoms with Gasteiger partial charge in [0.05, 0.1) is 6.10 Å². The average Bonchev–Trinajstić information content (AvgIpc) is 2.66. The predicted octanol–water partition coefficient (Wildman–Crippen LogP) is 4.10. The van der Waals surface area contributed by atoms with E-state index in [1.165, 1.54) is 18.2 Å². The molecular weight excluding hydrogens is 486 g/mol. The zero-order valence-corrected chi connectivity index (χ0v) is 17.8. The van der Waals surface area contributed by atoms with Crippen LogP contribution < -0.4 is 15.4 Å². The summed E-state index contributed by atoms with van der Waals surface area (Å²) in [7, 11) is 3.15. The molecule has 1 atom stereocenters. The van der Waals surface area contributed by atoms with E-state index in [2.05, 4.69) is 20.4 Å². The van der Waals surface area contributed by atoms with Crippen molar-refractivity contribution in [2.24, 2.45) is 4.99 Å². The number of alkyl halides is 2. The summed E-state index contributed by atoms with van der Waals surface area (Å²) < 4.78 is 48.0. The average molecular weight is 509 g/mol. The van der Waals surface area contributed by atoms with Crippen LogP contribution >= 0.6 is 24.0 Å². The van der Waals surface area contributed by atoms with Crippen molar-refractivity contribution in [1.29, 1.82) is 0 Å². The Balaban J connectivity index is 0.00000392. The number of hydrogen-bond acceptors (Lipinski definition) is 3. The molecule has 0 aliphatic rings. The lowest BCUT2D eigenvalue weighted by Gasteiger charge is -2.19. The number of aliphatic imine (C=N–C) groups is 1. The predicted molar refractivity (Wildman–Crippen MR) is 113 cm³/mol. The molecule has 154 valence electrons. The van der Waals surface area contributed by atoms with E-state index in [-0.39, 0.29) is 48.2 Å². The highest BCUT2D eigenvalue weighted by molar-refractivity contribution is 14.0. The van der Waals surface area contributed by atoms with Gasteiger partial charge in [-0.1, -0.05) is 30.3 Å². The molecule has 2 rings (SSSR count). The van der Waals surface area contributed by atoms with Gasteiger partial charge in [0.15, 0.2) is 5.96 Å². The van der Waals surface area contributed by atoms with Gasteiger partial charge < -0.3 is 20.1 Å². The first-order valence-corrected chi connectivity index (χ1v) is 8.29. The van der Waals surface area contributed by atoms with E-state index in [0.717, 1.165) is 5.56 Å². The van der Waals surface area contributed by atoms with Gasteiger partial charge in [-0.05, 0) is 23.8 Å². The molecule has 0 bridgehead atoms. The molecule has 0 aliphatic carbocycles. The number of ether oxygens (including phenoxy) is 2. The van der Waals surface area contributed by atoms with E-state index in [9.17, 15) is 13.2 Å². The van der Waals surface area contributed by atoms with Gasteiger partial charge in [0.25, 0.3) is 0 Å². The number of rotatable bonds is 8. The van der Waals surface area contributed by atoms with E-state index < -0.39 is 6.61 Å². The first-order valence-electron chi connectivity index (χ1n) is 8.29. The third-order valence-electron chi connectivity index (χ3n) is 3.84. The fourth-order valence-electron chi connectivity index (χ4n) is 2.46. The van der Waals surface area contributed by atoms with Crippen molar-refractivity contribution in [2.45, 2.75) is 19.3 Å². The summed E-state index contributed by atoms with van der Waals surface area (Å²) in [6.07, 6.45) is -0.307. The SMILES string of the molecule is CN=C(NCc1ccccc1OC(F)F)NCC(OC)c1ccc(F)cc1.I. The molecule has 1 unspecified atom stereocenters. The van der Waals surface area contributed by atoms with Gasteiger partial charge in [-0.3, -0.25) is 4.99 Å². The zero-order valence-electron chi connectivity index (χ0n) is 15.5. The minimum Gasteiger partial charge on any atom is -0.434 e. The molecule has 2 aromatic rings. The van der Waals surface area contributed by atoms with Gasteiger partial charge >= 0.3 is 6.61 Å². The Hall–Kier alpha value is -2.01. The second-order valence-corrected chi connectivity index (χ2v) is 5.57. The number of guanidine groups is 1. The van der Waals surface area contributed by atoms with Crippen molar-refractivity contribution < 1.29 is 22.6 Å². The van der Waals surface area contributed by atoms with Crippen molar-refractivity contribution in [3.63, 3.8) is 0 Å². The lowest BCUT2D eigenvalue weighted by atomic mass is 10.1. The van der Waals surface area contributed by atoms with Crippen LogP contribution in [0.5, 0.6) is 5.75 Å². The van der Waals surface area contributed by atoms with Crippen LogP contribution in [0.25, 0.3) is 0 Å². The maximum absolute atomic E-state index is 13.1. The van der Waals surface area contributed by atoms with Crippen LogP contribution in [0, 0.1) is 5.82 Å². The minimum atomic E-state index is -2.89. The Morgan fingerprint density at radius 2 is 1.75 bits per heavy atom. The summed E-state index contributed by atoms with van der Waals surface area (Å²) in [5, 5.41) is 6.13. The molecule has 0 heterocycles. The number of halogens is 4. The summed E-state index contributed by atoms with van der Waals surface area (Å²) in [4.78, 5) is 4.10. The number of methoxy groups -OCH3 is 1. The topological polar surface area (TPSA) is 54.9 Å². The monoisotopic (exact) mass is 509 g/mol. The Morgan fingerprint density at radius 3 is 2.36 bits per heavy atom. The number of nitrogens with zero attached hydrogens (tertiary/aromatic N) is 1. The van der Waals surface area contributed by atoms with E-state index >= 15 is 0 Å². The Bertz CT molecular complexity index is 745. The van der Waals surface area contributed by atoms with Crippen LogP contribution in [0.3, 0.4) is 0 Å². The fraction of sp³-hybridized carbons (Fsp3) is 0.316. The van der Waals surface area contributed by atoms with E-state index in [1.807, 2.05) is 0 Å². The highest BCUT2D eigenvalue weighted by Crippen LogP contribution is 2.20. The third kappa shape index (κ3) is 7.55. The van der Waals surface area contributed by atoms with Crippen molar-refractivity contribution in [3.8, 4) is 5.75 Å². The standard InChI is InChI=1S/C19H22F3N3O2.HI/c1-23-19(24-11-14-5-3-4-6-16(14)27-18(21)22)25-12-17(26-2)13-7-9-15(20)10-8-13;/h3-10,17-18H,11-12H2,1-2H3,(H2,23,24,25);1H. The summed E-state index contributed by atoms with van der Waals surface area (Å²) in [5.41, 5.74) is 1.39. The first-order chi connectivity index (χ1) is 13.0. The van der Waals surface area contributed by atoms with Crippen molar-refractivity contribution in [3.05, 3.63) is 65.5 Å². The van der Waals surface area contributed by atoms with Crippen molar-refractivity contribution in [1.82, 2.24) is 10.6 Å². The Morgan fingerprint density at radius 1 is 1.07 bits per heavy atom. The largest absolute Gasteiger partial charge is 0.434 e. The molecule has 0 spiro atoms. The van der Waals surface area contributed by atoms with Crippen LogP contribution in [0.1, 0.15) is 17.2 Å². The Kier molecular flexibility index (Phi) is 10.7. The van der Waals surface area contributed by atoms with Crippen LogP contribution in [-0.2, 0) is 11.3 Å². The molecule has 2 aromatic carbocycles. The second kappa shape index (κ2) is 12.4. The lowest BCUT2D eigenvalue weighted by Crippen LogP contribution is -2.39. The van der Waals surface area contributed by atoms with Crippen LogP contribution in [0.4, 0.5) is 13.2 Å². The summed E-state index contributed by atoms with van der Waals surface area (Å²) in [5.74, 6) is 0.256. The second-order valence-electron chi connectivity index (χ2n) is 5.57. The van der Waals surface area contributed by atoms with Gasteiger partial charge in [-0.25, -0.2) is 4.39 Å². The van der Waals surface area contributed by atoms with Crippen LogP contribution in [-0.4, -0.2) is 33.3 Å². The van der Waals surface area contributed by atoms with E-state index in [4.69, 9.17) is 4.74 Å². The maximum Gasteiger partial charge on any atom is 0.387 e. The smallest absolute Gasteiger partial charge is 0.387 e. The summed E-state index contributed by atoms with van der Waals surface area (Å²) in [6, 6.07) is 12.6. The maximum atomic E-state index is 13.1. The van der Waals surface area contributed by atoms with Gasteiger partial charge in [-0.2, -0.15) is 8.78 Å². The first kappa shape index (κ1) is 24.0. The van der Waals surface area contributed by atoms with Crippen molar-refractivity contribution in [2.75, 3.05) is 20.7 Å². The molecule has 0 fully saturated rings. The molecule has 0 aromatic heterocycles. The number of nitrogens with one attached hydrogen (secondary N) is 2. The normalized spacial score (nSPS) is 12.3. The number of benzene rings is 2. The zero-order chi connectivity index (χ0) is 19.6. The molecule has 9 heteroatoms. The minimum absolute atomic E-state index is 0. The molecule has 2 N–H and O–H groups in total. The summed E-state index contributed by atoms with van der Waals surface area (Å²) >= 11 is 0. The molecule has 0 aliphatic heterocycles. The fourth-order valence-corrected chi connectivity index (χ4v) is 2.46. The van der Waals surface area contributed by atoms with Gasteiger partial charge in [0, 0.05) is 32.8 Å². The third-order valence-corrected chi connectivity index (χ3v) is 3.84. The van der Waals surface area contributed by atoms with Crippen molar-refractivity contribution >= 4 is 29.9 Å². The number of para-hydroxylation sites is 1. The van der Waals surface area contributed by atoms with Gasteiger partial charge in [0.2, 0.25) is 0 Å². The molecule has 0 saturated heterocycles. The quantitative estimate of drug-likeness (QED) is 0.320. The molecule has 5 nitrogen and oxygen atoms in total.